The molecule has 0 spiro atoms. The smallest absolute Gasteiger partial charge is 0.317 e. The fourth-order valence-corrected chi connectivity index (χ4v) is 2.57. The van der Waals surface area contributed by atoms with Gasteiger partial charge in [-0.1, -0.05) is 20.8 Å². The highest BCUT2D eigenvalue weighted by Gasteiger charge is 2.29. The monoisotopic (exact) mass is 254 g/mol. The first-order valence-electron chi connectivity index (χ1n) is 7.17. The van der Waals surface area contributed by atoms with E-state index in [1.165, 1.54) is 6.42 Å². The molecular formula is C15H30N2O. The van der Waals surface area contributed by atoms with Crippen LogP contribution in [-0.2, 0) is 0 Å². The van der Waals surface area contributed by atoms with Crippen LogP contribution in [0.4, 0.5) is 4.79 Å². The predicted octanol–water partition coefficient (Wildman–Crippen LogP) is 3.64. The van der Waals surface area contributed by atoms with Crippen LogP contribution in [-0.4, -0.2) is 29.6 Å². The summed E-state index contributed by atoms with van der Waals surface area (Å²) in [7, 11) is 0. The summed E-state index contributed by atoms with van der Waals surface area (Å²) >= 11 is 0. The number of amides is 2. The molecule has 1 aliphatic rings. The Balaban J connectivity index is 2.54. The van der Waals surface area contributed by atoms with E-state index in [9.17, 15) is 4.79 Å². The van der Waals surface area contributed by atoms with Crippen LogP contribution < -0.4 is 5.32 Å². The Bertz CT molecular complexity index is 286. The molecule has 1 unspecified atom stereocenters. The van der Waals surface area contributed by atoms with E-state index in [1.807, 2.05) is 25.7 Å². The lowest BCUT2D eigenvalue weighted by atomic mass is 9.77. The lowest BCUT2D eigenvalue weighted by molar-refractivity contribution is 0.183. The summed E-state index contributed by atoms with van der Waals surface area (Å²) in [6, 6.07) is 0.0945. The van der Waals surface area contributed by atoms with Crippen LogP contribution in [0.15, 0.2) is 0 Å². The maximum Gasteiger partial charge on any atom is 0.317 e. The van der Waals surface area contributed by atoms with Crippen LogP contribution in [0.2, 0.25) is 0 Å². The van der Waals surface area contributed by atoms with Gasteiger partial charge in [-0.25, -0.2) is 4.79 Å². The second-order valence-electron chi connectivity index (χ2n) is 7.66. The SMILES string of the molecule is CC(C)(C)NC(=O)N1CCCC(C(C)(C)C)CC1. The number of carbonyl (C=O) groups is 1. The minimum atomic E-state index is -0.146. The summed E-state index contributed by atoms with van der Waals surface area (Å²) in [5.41, 5.74) is 0.212. The number of rotatable bonds is 0. The molecule has 0 bridgehead atoms. The van der Waals surface area contributed by atoms with Gasteiger partial charge >= 0.3 is 6.03 Å². The zero-order valence-corrected chi connectivity index (χ0v) is 13.0. The van der Waals surface area contributed by atoms with Crippen molar-refractivity contribution in [3.8, 4) is 0 Å². The van der Waals surface area contributed by atoms with Crippen LogP contribution >= 0.6 is 0 Å². The van der Waals surface area contributed by atoms with Crippen molar-refractivity contribution >= 4 is 6.03 Å². The molecule has 0 radical (unpaired) electrons. The van der Waals surface area contributed by atoms with Crippen LogP contribution in [0.1, 0.15) is 60.8 Å². The first-order valence-corrected chi connectivity index (χ1v) is 7.17. The van der Waals surface area contributed by atoms with Gasteiger partial charge in [0.15, 0.2) is 0 Å². The second-order valence-corrected chi connectivity index (χ2v) is 7.66. The van der Waals surface area contributed by atoms with E-state index in [4.69, 9.17) is 0 Å². The van der Waals surface area contributed by atoms with Crippen molar-refractivity contribution < 1.29 is 4.79 Å². The van der Waals surface area contributed by atoms with Crippen LogP contribution in [0.25, 0.3) is 0 Å². The first kappa shape index (κ1) is 15.3. The van der Waals surface area contributed by atoms with E-state index >= 15 is 0 Å². The van der Waals surface area contributed by atoms with Gasteiger partial charge in [0.2, 0.25) is 0 Å². The molecular weight excluding hydrogens is 224 g/mol. The summed E-state index contributed by atoms with van der Waals surface area (Å²) in [5.74, 6) is 0.727. The van der Waals surface area contributed by atoms with Crippen LogP contribution in [0, 0.1) is 11.3 Å². The lowest BCUT2D eigenvalue weighted by Gasteiger charge is -2.30. The molecule has 18 heavy (non-hydrogen) atoms. The van der Waals surface area contributed by atoms with E-state index in [0.29, 0.717) is 5.41 Å². The molecule has 1 rings (SSSR count). The maximum atomic E-state index is 12.1. The summed E-state index contributed by atoms with van der Waals surface area (Å²) in [4.78, 5) is 14.1. The van der Waals surface area contributed by atoms with E-state index in [2.05, 4.69) is 26.1 Å². The van der Waals surface area contributed by atoms with Gasteiger partial charge in [-0.3, -0.25) is 0 Å². The van der Waals surface area contributed by atoms with E-state index < -0.39 is 0 Å². The quantitative estimate of drug-likeness (QED) is 0.703. The molecule has 2 amide bonds. The number of nitrogens with one attached hydrogen (secondary N) is 1. The average Bonchev–Trinajstić information content (AvgIpc) is 2.38. The molecule has 1 N–H and O–H groups in total. The van der Waals surface area contributed by atoms with Gasteiger partial charge in [-0.05, 0) is 51.4 Å². The predicted molar refractivity (Wildman–Crippen MR) is 76.7 cm³/mol. The summed E-state index contributed by atoms with van der Waals surface area (Å²) in [5, 5.41) is 3.06. The molecule has 0 aromatic carbocycles. The lowest BCUT2D eigenvalue weighted by Crippen LogP contribution is -2.48. The molecule has 3 heteroatoms. The Morgan fingerprint density at radius 3 is 2.17 bits per heavy atom. The Kier molecular flexibility index (Phi) is 4.68. The van der Waals surface area contributed by atoms with Gasteiger partial charge < -0.3 is 10.2 Å². The Labute approximate surface area is 112 Å². The summed E-state index contributed by atoms with van der Waals surface area (Å²) < 4.78 is 0. The highest BCUT2D eigenvalue weighted by Crippen LogP contribution is 2.34. The topological polar surface area (TPSA) is 32.3 Å². The van der Waals surface area contributed by atoms with Crippen molar-refractivity contribution in [3.63, 3.8) is 0 Å². The standard InChI is InChI=1S/C15H30N2O/c1-14(2,3)12-8-7-10-17(11-9-12)13(18)16-15(4,5)6/h12H,7-11H2,1-6H3,(H,16,18). The van der Waals surface area contributed by atoms with Crippen molar-refractivity contribution in [3.05, 3.63) is 0 Å². The molecule has 1 saturated heterocycles. The Hall–Kier alpha value is -0.730. The Morgan fingerprint density at radius 1 is 1.06 bits per heavy atom. The number of carbonyl (C=O) groups excluding carboxylic acids is 1. The molecule has 0 saturated carbocycles. The van der Waals surface area contributed by atoms with E-state index in [0.717, 1.165) is 31.8 Å². The number of likely N-dealkylation sites (tertiary alicyclic amines) is 1. The van der Waals surface area contributed by atoms with Crippen molar-refractivity contribution in [1.82, 2.24) is 10.2 Å². The largest absolute Gasteiger partial charge is 0.333 e. The molecule has 1 aliphatic heterocycles. The first-order chi connectivity index (χ1) is 8.09. The molecule has 1 atom stereocenters. The fourth-order valence-electron chi connectivity index (χ4n) is 2.57. The molecule has 1 fully saturated rings. The number of hydrogen-bond acceptors (Lipinski definition) is 1. The molecule has 106 valence electrons. The van der Waals surface area contributed by atoms with Crippen LogP contribution in [0.3, 0.4) is 0 Å². The third kappa shape index (κ3) is 4.87. The van der Waals surface area contributed by atoms with Crippen molar-refractivity contribution in [2.45, 2.75) is 66.3 Å². The minimum absolute atomic E-state index is 0.0945. The fraction of sp³-hybridized carbons (Fsp3) is 0.933. The van der Waals surface area contributed by atoms with Crippen LogP contribution in [0.5, 0.6) is 0 Å². The van der Waals surface area contributed by atoms with Gasteiger partial charge in [-0.2, -0.15) is 0 Å². The molecule has 0 aromatic heterocycles. The number of urea groups is 1. The molecule has 3 nitrogen and oxygen atoms in total. The van der Waals surface area contributed by atoms with Crippen molar-refractivity contribution in [2.24, 2.45) is 11.3 Å². The highest BCUT2D eigenvalue weighted by molar-refractivity contribution is 5.74. The minimum Gasteiger partial charge on any atom is -0.333 e. The summed E-state index contributed by atoms with van der Waals surface area (Å²) in [6.07, 6.45) is 3.49. The zero-order valence-electron chi connectivity index (χ0n) is 13.0. The maximum absolute atomic E-state index is 12.1. The second kappa shape index (κ2) is 5.50. The van der Waals surface area contributed by atoms with Crippen molar-refractivity contribution in [1.29, 1.82) is 0 Å². The molecule has 1 heterocycles. The summed E-state index contributed by atoms with van der Waals surface area (Å²) in [6.45, 7) is 14.8. The normalized spacial score (nSPS) is 22.6. The molecule has 0 aromatic rings. The van der Waals surface area contributed by atoms with Gasteiger partial charge in [-0.15, -0.1) is 0 Å². The van der Waals surface area contributed by atoms with E-state index in [1.54, 1.807) is 0 Å². The van der Waals surface area contributed by atoms with E-state index in [-0.39, 0.29) is 11.6 Å². The number of hydrogen-bond donors (Lipinski definition) is 1. The average molecular weight is 254 g/mol. The highest BCUT2D eigenvalue weighted by atomic mass is 16.2. The van der Waals surface area contributed by atoms with Gasteiger partial charge in [0.05, 0.1) is 0 Å². The van der Waals surface area contributed by atoms with Crippen molar-refractivity contribution in [2.75, 3.05) is 13.1 Å². The van der Waals surface area contributed by atoms with Gasteiger partial charge in [0, 0.05) is 18.6 Å². The third-order valence-electron chi connectivity index (χ3n) is 3.72. The Morgan fingerprint density at radius 2 is 1.67 bits per heavy atom. The third-order valence-corrected chi connectivity index (χ3v) is 3.72. The van der Waals surface area contributed by atoms with Gasteiger partial charge in [0.1, 0.15) is 0 Å². The molecule has 0 aliphatic carbocycles. The van der Waals surface area contributed by atoms with Gasteiger partial charge in [0.25, 0.3) is 0 Å². The zero-order chi connectivity index (χ0) is 14.0. The number of nitrogens with zero attached hydrogens (tertiary/aromatic N) is 1.